The zero-order chi connectivity index (χ0) is 14.1. The Morgan fingerprint density at radius 1 is 1.30 bits per heavy atom. The number of pyridine rings is 1. The molecule has 3 rings (SSSR count). The van der Waals surface area contributed by atoms with Gasteiger partial charge in [0.1, 0.15) is 5.82 Å². The second-order valence-electron chi connectivity index (χ2n) is 3.99. The summed E-state index contributed by atoms with van der Waals surface area (Å²) in [5.74, 6) is 1.47. The average molecular weight is 351 g/mol. The largest absolute Gasteiger partial charge is 0.298 e. The van der Waals surface area contributed by atoms with Gasteiger partial charge in [-0.2, -0.15) is 14.6 Å². The standard InChI is InChI=1S/C12H11BrN6S/c1-18(9-5-3-4-6-14-9)12-17-11(20-2)16-10-8(13)7-15-19(10)12/h3-7H,1-2H3. The van der Waals surface area contributed by atoms with Crippen molar-refractivity contribution in [1.82, 2.24) is 24.6 Å². The number of hydrogen-bond donors (Lipinski definition) is 0. The lowest BCUT2D eigenvalue weighted by Crippen LogP contribution is -2.18. The number of nitrogens with zero attached hydrogens (tertiary/aromatic N) is 6. The van der Waals surface area contributed by atoms with Crippen LogP contribution in [0.4, 0.5) is 11.8 Å². The monoisotopic (exact) mass is 350 g/mol. The number of aromatic nitrogens is 5. The predicted octanol–water partition coefficient (Wildman–Crippen LogP) is 2.77. The Morgan fingerprint density at radius 2 is 2.15 bits per heavy atom. The quantitative estimate of drug-likeness (QED) is 0.677. The van der Waals surface area contributed by atoms with Crippen molar-refractivity contribution in [3.8, 4) is 0 Å². The van der Waals surface area contributed by atoms with Crippen LogP contribution in [0.2, 0.25) is 0 Å². The number of rotatable bonds is 3. The lowest BCUT2D eigenvalue weighted by atomic mass is 10.4. The summed E-state index contributed by atoms with van der Waals surface area (Å²) in [5, 5.41) is 5.00. The Kier molecular flexibility index (Phi) is 3.58. The van der Waals surface area contributed by atoms with Crippen LogP contribution in [0.5, 0.6) is 0 Å². The second-order valence-corrected chi connectivity index (χ2v) is 5.61. The fourth-order valence-electron chi connectivity index (χ4n) is 1.78. The lowest BCUT2D eigenvalue weighted by Gasteiger charge is -2.17. The van der Waals surface area contributed by atoms with Crippen LogP contribution in [-0.2, 0) is 0 Å². The number of anilines is 2. The SMILES string of the molecule is CSc1nc(N(C)c2ccccn2)n2ncc(Br)c2n1. The van der Waals surface area contributed by atoms with E-state index in [2.05, 4.69) is 36.0 Å². The molecule has 0 amide bonds. The molecule has 0 unspecified atom stereocenters. The minimum Gasteiger partial charge on any atom is -0.298 e. The van der Waals surface area contributed by atoms with Crippen molar-refractivity contribution in [2.45, 2.75) is 5.16 Å². The molecule has 0 saturated heterocycles. The molecule has 0 saturated carbocycles. The molecule has 3 aromatic rings. The number of thioether (sulfide) groups is 1. The molecule has 102 valence electrons. The van der Waals surface area contributed by atoms with Crippen molar-refractivity contribution in [2.24, 2.45) is 0 Å². The van der Waals surface area contributed by atoms with Gasteiger partial charge in [0.25, 0.3) is 0 Å². The normalized spacial score (nSPS) is 10.9. The number of hydrogen-bond acceptors (Lipinski definition) is 6. The third-order valence-corrected chi connectivity index (χ3v) is 3.87. The molecular weight excluding hydrogens is 340 g/mol. The predicted molar refractivity (Wildman–Crippen MR) is 82.6 cm³/mol. The lowest BCUT2D eigenvalue weighted by molar-refractivity contribution is 0.812. The summed E-state index contributed by atoms with van der Waals surface area (Å²) in [5.41, 5.74) is 0.738. The minimum absolute atomic E-state index is 0.670. The highest BCUT2D eigenvalue weighted by atomic mass is 79.9. The second kappa shape index (κ2) is 5.37. The zero-order valence-electron chi connectivity index (χ0n) is 10.9. The van der Waals surface area contributed by atoms with E-state index in [4.69, 9.17) is 0 Å². The van der Waals surface area contributed by atoms with Gasteiger partial charge in [0, 0.05) is 13.2 Å². The number of fused-ring (bicyclic) bond motifs is 1. The molecule has 8 heteroatoms. The van der Waals surface area contributed by atoms with Crippen molar-refractivity contribution in [1.29, 1.82) is 0 Å². The van der Waals surface area contributed by atoms with Gasteiger partial charge in [-0.15, -0.1) is 0 Å². The van der Waals surface area contributed by atoms with Gasteiger partial charge >= 0.3 is 0 Å². The zero-order valence-corrected chi connectivity index (χ0v) is 13.3. The first-order valence-electron chi connectivity index (χ1n) is 5.80. The molecule has 3 heterocycles. The summed E-state index contributed by atoms with van der Waals surface area (Å²) in [4.78, 5) is 15.2. The molecule has 0 N–H and O–H groups in total. The Balaban J connectivity index is 2.19. The highest BCUT2D eigenvalue weighted by Gasteiger charge is 2.16. The highest BCUT2D eigenvalue weighted by Crippen LogP contribution is 2.25. The van der Waals surface area contributed by atoms with Crippen molar-refractivity contribution in [3.05, 3.63) is 35.1 Å². The van der Waals surface area contributed by atoms with Gasteiger partial charge in [0.2, 0.25) is 5.95 Å². The molecule has 0 fully saturated rings. The molecular formula is C12H11BrN6S. The van der Waals surface area contributed by atoms with E-state index in [1.807, 2.05) is 36.4 Å². The van der Waals surface area contributed by atoms with Gasteiger partial charge in [-0.1, -0.05) is 17.8 Å². The summed E-state index contributed by atoms with van der Waals surface area (Å²) < 4.78 is 2.53. The maximum absolute atomic E-state index is 4.53. The van der Waals surface area contributed by atoms with Crippen LogP contribution in [-0.4, -0.2) is 37.9 Å². The molecule has 0 atom stereocenters. The topological polar surface area (TPSA) is 59.2 Å². The van der Waals surface area contributed by atoms with E-state index in [0.717, 1.165) is 15.9 Å². The molecule has 0 spiro atoms. The van der Waals surface area contributed by atoms with Gasteiger partial charge in [-0.25, -0.2) is 9.97 Å². The summed E-state index contributed by atoms with van der Waals surface area (Å²) in [6.45, 7) is 0. The van der Waals surface area contributed by atoms with Crippen LogP contribution in [0.3, 0.4) is 0 Å². The van der Waals surface area contributed by atoms with E-state index < -0.39 is 0 Å². The van der Waals surface area contributed by atoms with E-state index in [-0.39, 0.29) is 0 Å². The van der Waals surface area contributed by atoms with Gasteiger partial charge in [-0.05, 0) is 34.3 Å². The Labute approximate surface area is 128 Å². The van der Waals surface area contributed by atoms with Crippen LogP contribution in [0.15, 0.2) is 40.2 Å². The smallest absolute Gasteiger partial charge is 0.236 e. The van der Waals surface area contributed by atoms with Gasteiger partial charge in [0.15, 0.2) is 10.8 Å². The van der Waals surface area contributed by atoms with E-state index >= 15 is 0 Å². The maximum atomic E-state index is 4.53. The molecule has 0 aliphatic rings. The van der Waals surface area contributed by atoms with Crippen LogP contribution in [0.1, 0.15) is 0 Å². The molecule has 20 heavy (non-hydrogen) atoms. The third-order valence-electron chi connectivity index (χ3n) is 2.76. The summed E-state index contributed by atoms with van der Waals surface area (Å²) in [7, 11) is 1.91. The molecule has 0 aromatic carbocycles. The fourth-order valence-corrected chi connectivity index (χ4v) is 2.48. The third kappa shape index (κ3) is 2.25. The Morgan fingerprint density at radius 3 is 2.85 bits per heavy atom. The first kappa shape index (κ1) is 13.3. The Bertz CT molecular complexity index is 744. The van der Waals surface area contributed by atoms with E-state index in [0.29, 0.717) is 11.1 Å². The first-order valence-corrected chi connectivity index (χ1v) is 7.82. The molecule has 0 bridgehead atoms. The van der Waals surface area contributed by atoms with Crippen molar-refractivity contribution in [3.63, 3.8) is 0 Å². The Hall–Kier alpha value is -1.67. The van der Waals surface area contributed by atoms with Crippen molar-refractivity contribution < 1.29 is 0 Å². The summed E-state index contributed by atoms with van der Waals surface area (Å²) in [6.07, 6.45) is 5.41. The molecule has 0 radical (unpaired) electrons. The molecule has 6 nitrogen and oxygen atoms in total. The summed E-state index contributed by atoms with van der Waals surface area (Å²) >= 11 is 4.94. The van der Waals surface area contributed by atoms with Crippen molar-refractivity contribution >= 4 is 45.1 Å². The number of halogens is 1. The average Bonchev–Trinajstić information content (AvgIpc) is 2.88. The summed E-state index contributed by atoms with van der Waals surface area (Å²) in [6, 6.07) is 5.74. The van der Waals surface area contributed by atoms with Crippen LogP contribution >= 0.6 is 27.7 Å². The maximum Gasteiger partial charge on any atom is 0.236 e. The van der Waals surface area contributed by atoms with Crippen LogP contribution in [0.25, 0.3) is 5.65 Å². The molecule has 3 aromatic heterocycles. The minimum atomic E-state index is 0.670. The first-order chi connectivity index (χ1) is 9.70. The molecule has 0 aliphatic carbocycles. The van der Waals surface area contributed by atoms with Crippen molar-refractivity contribution in [2.75, 3.05) is 18.2 Å². The van der Waals surface area contributed by atoms with E-state index in [1.54, 1.807) is 16.9 Å². The van der Waals surface area contributed by atoms with E-state index in [9.17, 15) is 0 Å². The van der Waals surface area contributed by atoms with Crippen LogP contribution < -0.4 is 4.90 Å². The fraction of sp³-hybridized carbons (Fsp3) is 0.167. The molecule has 0 aliphatic heterocycles. The van der Waals surface area contributed by atoms with E-state index in [1.165, 1.54) is 11.8 Å². The highest BCUT2D eigenvalue weighted by molar-refractivity contribution is 9.10. The van der Waals surface area contributed by atoms with Gasteiger partial charge < -0.3 is 0 Å². The van der Waals surface area contributed by atoms with Gasteiger partial charge in [0.05, 0.1) is 10.7 Å². The van der Waals surface area contributed by atoms with Crippen LogP contribution in [0, 0.1) is 0 Å². The van der Waals surface area contributed by atoms with Gasteiger partial charge in [-0.3, -0.25) is 4.90 Å².